The average molecular weight is 243 g/mol. The van der Waals surface area contributed by atoms with Crippen molar-refractivity contribution < 1.29 is 4.74 Å². The first-order valence-electron chi connectivity index (χ1n) is 6.03. The first kappa shape index (κ1) is 12.4. The predicted octanol–water partition coefficient (Wildman–Crippen LogP) is 2.82. The van der Waals surface area contributed by atoms with Crippen LogP contribution < -0.4 is 10.5 Å². The minimum absolute atomic E-state index is 0.484. The molecule has 94 valence electrons. The lowest BCUT2D eigenvalue weighted by atomic mass is 10.2. The van der Waals surface area contributed by atoms with Crippen molar-refractivity contribution in [3.05, 3.63) is 36.0 Å². The number of benzene rings is 1. The van der Waals surface area contributed by atoms with Crippen LogP contribution in [0, 0.1) is 6.92 Å². The van der Waals surface area contributed by atoms with Gasteiger partial charge in [-0.25, -0.2) is 9.97 Å². The highest BCUT2D eigenvalue weighted by Crippen LogP contribution is 2.22. The van der Waals surface area contributed by atoms with Crippen LogP contribution in [0.3, 0.4) is 0 Å². The van der Waals surface area contributed by atoms with Crippen LogP contribution in [0.4, 0.5) is 5.82 Å². The van der Waals surface area contributed by atoms with E-state index in [4.69, 9.17) is 10.5 Å². The summed E-state index contributed by atoms with van der Waals surface area (Å²) in [6.07, 6.45) is 0.984. The molecule has 0 atom stereocenters. The third kappa shape index (κ3) is 2.97. The standard InChI is InChI=1S/C14H17N3O/c1-3-7-18-12-6-4-5-11(9-12)14-16-10(2)8-13(15)17-14/h4-6,8-9H,3,7H2,1-2H3,(H2,15,16,17). The van der Waals surface area contributed by atoms with Crippen molar-refractivity contribution in [2.45, 2.75) is 20.3 Å². The first-order chi connectivity index (χ1) is 8.69. The molecular formula is C14H17N3O. The Labute approximate surface area is 107 Å². The Morgan fingerprint density at radius 3 is 2.78 bits per heavy atom. The van der Waals surface area contributed by atoms with Gasteiger partial charge < -0.3 is 10.5 Å². The quantitative estimate of drug-likeness (QED) is 0.897. The largest absolute Gasteiger partial charge is 0.494 e. The molecule has 0 radical (unpaired) electrons. The van der Waals surface area contributed by atoms with Crippen molar-refractivity contribution in [3.8, 4) is 17.1 Å². The molecular weight excluding hydrogens is 226 g/mol. The molecule has 0 saturated carbocycles. The van der Waals surface area contributed by atoms with Crippen molar-refractivity contribution in [3.63, 3.8) is 0 Å². The molecule has 4 heteroatoms. The maximum atomic E-state index is 5.73. The zero-order valence-electron chi connectivity index (χ0n) is 10.7. The molecule has 0 spiro atoms. The molecule has 0 unspecified atom stereocenters. The van der Waals surface area contributed by atoms with E-state index in [1.165, 1.54) is 0 Å². The summed E-state index contributed by atoms with van der Waals surface area (Å²) in [7, 11) is 0. The van der Waals surface area contributed by atoms with E-state index < -0.39 is 0 Å². The second-order valence-electron chi connectivity index (χ2n) is 4.13. The van der Waals surface area contributed by atoms with E-state index in [9.17, 15) is 0 Å². The zero-order valence-corrected chi connectivity index (χ0v) is 10.7. The lowest BCUT2D eigenvalue weighted by molar-refractivity contribution is 0.317. The summed E-state index contributed by atoms with van der Waals surface area (Å²) in [5.41, 5.74) is 7.51. The summed E-state index contributed by atoms with van der Waals surface area (Å²) in [4.78, 5) is 8.62. The van der Waals surface area contributed by atoms with Crippen LogP contribution >= 0.6 is 0 Å². The third-order valence-corrected chi connectivity index (χ3v) is 2.44. The fraction of sp³-hybridized carbons (Fsp3) is 0.286. The summed E-state index contributed by atoms with van der Waals surface area (Å²) in [6.45, 7) is 4.69. The molecule has 4 nitrogen and oxygen atoms in total. The molecule has 0 aliphatic carbocycles. The minimum atomic E-state index is 0.484. The van der Waals surface area contributed by atoms with E-state index in [2.05, 4.69) is 16.9 Å². The monoisotopic (exact) mass is 243 g/mol. The van der Waals surface area contributed by atoms with Crippen molar-refractivity contribution in [2.75, 3.05) is 12.3 Å². The van der Waals surface area contributed by atoms with Crippen molar-refractivity contribution >= 4 is 5.82 Å². The Bertz CT molecular complexity index is 520. The highest BCUT2D eigenvalue weighted by Gasteiger charge is 2.04. The SMILES string of the molecule is CCCOc1cccc(-c2nc(C)cc(N)n2)c1. The van der Waals surface area contributed by atoms with E-state index in [-0.39, 0.29) is 0 Å². The minimum Gasteiger partial charge on any atom is -0.494 e. The van der Waals surface area contributed by atoms with E-state index in [1.54, 1.807) is 6.07 Å². The Morgan fingerprint density at radius 1 is 1.22 bits per heavy atom. The molecule has 0 amide bonds. The van der Waals surface area contributed by atoms with Crippen molar-refractivity contribution in [2.24, 2.45) is 0 Å². The molecule has 0 fully saturated rings. The molecule has 1 aromatic heterocycles. The van der Waals surface area contributed by atoms with Crippen molar-refractivity contribution in [1.29, 1.82) is 0 Å². The predicted molar refractivity (Wildman–Crippen MR) is 72.4 cm³/mol. The van der Waals surface area contributed by atoms with Crippen LogP contribution in [-0.4, -0.2) is 16.6 Å². The van der Waals surface area contributed by atoms with Gasteiger partial charge in [-0.15, -0.1) is 0 Å². The summed E-state index contributed by atoms with van der Waals surface area (Å²) in [5.74, 6) is 1.95. The maximum absolute atomic E-state index is 5.73. The summed E-state index contributed by atoms with van der Waals surface area (Å²) in [5, 5.41) is 0. The Hall–Kier alpha value is -2.10. The number of anilines is 1. The van der Waals surface area contributed by atoms with Gasteiger partial charge in [-0.1, -0.05) is 19.1 Å². The summed E-state index contributed by atoms with van der Waals surface area (Å²) < 4.78 is 5.59. The lowest BCUT2D eigenvalue weighted by Gasteiger charge is -2.07. The van der Waals surface area contributed by atoms with Crippen LogP contribution in [-0.2, 0) is 0 Å². The van der Waals surface area contributed by atoms with Crippen LogP contribution in [0.5, 0.6) is 5.75 Å². The molecule has 2 N–H and O–H groups in total. The number of ether oxygens (including phenoxy) is 1. The van der Waals surface area contributed by atoms with Gasteiger partial charge in [0, 0.05) is 17.3 Å². The van der Waals surface area contributed by atoms with Gasteiger partial charge in [0.25, 0.3) is 0 Å². The molecule has 1 heterocycles. The topological polar surface area (TPSA) is 61.0 Å². The van der Waals surface area contributed by atoms with Gasteiger partial charge in [-0.2, -0.15) is 0 Å². The fourth-order valence-corrected chi connectivity index (χ4v) is 1.67. The molecule has 0 aliphatic heterocycles. The molecule has 0 aliphatic rings. The van der Waals surface area contributed by atoms with E-state index in [0.717, 1.165) is 23.4 Å². The van der Waals surface area contributed by atoms with Crippen LogP contribution in [0.2, 0.25) is 0 Å². The summed E-state index contributed by atoms with van der Waals surface area (Å²) in [6, 6.07) is 9.50. The number of aromatic nitrogens is 2. The lowest BCUT2D eigenvalue weighted by Crippen LogP contribution is -1.98. The molecule has 2 rings (SSSR count). The van der Waals surface area contributed by atoms with Crippen LogP contribution in [0.25, 0.3) is 11.4 Å². The number of hydrogen-bond acceptors (Lipinski definition) is 4. The van der Waals surface area contributed by atoms with Crippen molar-refractivity contribution in [1.82, 2.24) is 9.97 Å². The maximum Gasteiger partial charge on any atom is 0.161 e. The number of rotatable bonds is 4. The third-order valence-electron chi connectivity index (χ3n) is 2.44. The second-order valence-corrected chi connectivity index (χ2v) is 4.13. The van der Waals surface area contributed by atoms with Gasteiger partial charge in [-0.3, -0.25) is 0 Å². The molecule has 2 aromatic rings. The Morgan fingerprint density at radius 2 is 2.06 bits per heavy atom. The number of nitrogen functional groups attached to an aromatic ring is 1. The highest BCUT2D eigenvalue weighted by atomic mass is 16.5. The van der Waals surface area contributed by atoms with Gasteiger partial charge in [0.05, 0.1) is 6.61 Å². The van der Waals surface area contributed by atoms with E-state index >= 15 is 0 Å². The fourth-order valence-electron chi connectivity index (χ4n) is 1.67. The molecule has 0 saturated heterocycles. The number of hydrogen-bond donors (Lipinski definition) is 1. The molecule has 1 aromatic carbocycles. The number of nitrogens with zero attached hydrogens (tertiary/aromatic N) is 2. The second kappa shape index (κ2) is 5.49. The first-order valence-corrected chi connectivity index (χ1v) is 6.03. The van der Waals surface area contributed by atoms with Gasteiger partial charge in [0.15, 0.2) is 5.82 Å². The average Bonchev–Trinajstić information content (AvgIpc) is 2.35. The molecule has 0 bridgehead atoms. The Balaban J connectivity index is 2.32. The van der Waals surface area contributed by atoms with Gasteiger partial charge in [0.2, 0.25) is 0 Å². The Kier molecular flexibility index (Phi) is 3.77. The number of nitrogens with two attached hydrogens (primary N) is 1. The highest BCUT2D eigenvalue weighted by molar-refractivity contribution is 5.59. The molecule has 18 heavy (non-hydrogen) atoms. The zero-order chi connectivity index (χ0) is 13.0. The summed E-state index contributed by atoms with van der Waals surface area (Å²) >= 11 is 0. The smallest absolute Gasteiger partial charge is 0.161 e. The van der Waals surface area contributed by atoms with E-state index in [1.807, 2.05) is 31.2 Å². The van der Waals surface area contributed by atoms with Gasteiger partial charge >= 0.3 is 0 Å². The van der Waals surface area contributed by atoms with Gasteiger partial charge in [0.1, 0.15) is 11.6 Å². The van der Waals surface area contributed by atoms with E-state index in [0.29, 0.717) is 18.2 Å². The van der Waals surface area contributed by atoms with Crippen LogP contribution in [0.15, 0.2) is 30.3 Å². The van der Waals surface area contributed by atoms with Crippen LogP contribution in [0.1, 0.15) is 19.0 Å². The number of aryl methyl sites for hydroxylation is 1. The normalized spacial score (nSPS) is 10.3. The van der Waals surface area contributed by atoms with Gasteiger partial charge in [-0.05, 0) is 25.5 Å².